The van der Waals surface area contributed by atoms with E-state index in [0.717, 1.165) is 0 Å². The Labute approximate surface area is 217 Å². The summed E-state index contributed by atoms with van der Waals surface area (Å²) in [6.07, 6.45) is 0.341. The largest absolute Gasteiger partial charge is 0.464 e. The molecule has 0 radical (unpaired) electrons. The van der Waals surface area contributed by atoms with Gasteiger partial charge in [0.05, 0.1) is 19.2 Å². The number of carbonyl (C=O) groups is 2. The standard InChI is InChI=1S/C28H25ClN2O6/c1-37-28(35)25-23(16-18-8-10-19(11-9-18)27(34)30(36)14-5-15-32)26(33)22-13-12-20(29)17-24(22)31(25)21-6-3-2-4-7-21/h2-4,6-13,17,32,36H,5,14-16H2,1H3. The third kappa shape index (κ3) is 5.41. The van der Waals surface area contributed by atoms with Gasteiger partial charge in [0.1, 0.15) is 5.69 Å². The van der Waals surface area contributed by atoms with Gasteiger partial charge in [-0.15, -0.1) is 0 Å². The molecule has 0 aliphatic heterocycles. The maximum absolute atomic E-state index is 13.7. The van der Waals surface area contributed by atoms with Crippen LogP contribution in [0.25, 0.3) is 16.6 Å². The van der Waals surface area contributed by atoms with Gasteiger partial charge in [-0.25, -0.2) is 9.86 Å². The highest BCUT2D eigenvalue weighted by molar-refractivity contribution is 6.31. The molecular formula is C28H25ClN2O6. The highest BCUT2D eigenvalue weighted by Crippen LogP contribution is 2.26. The molecule has 1 amide bonds. The van der Waals surface area contributed by atoms with Gasteiger partial charge in [-0.05, 0) is 54.4 Å². The van der Waals surface area contributed by atoms with E-state index >= 15 is 0 Å². The number of rotatable bonds is 8. The number of esters is 1. The number of hydroxylamine groups is 2. The Hall–Kier alpha value is -3.98. The van der Waals surface area contributed by atoms with Crippen molar-refractivity contribution in [3.63, 3.8) is 0 Å². The summed E-state index contributed by atoms with van der Waals surface area (Å²) in [5.74, 6) is -1.28. The zero-order valence-electron chi connectivity index (χ0n) is 20.1. The summed E-state index contributed by atoms with van der Waals surface area (Å²) >= 11 is 6.26. The Balaban J connectivity index is 1.85. The number of benzene rings is 3. The summed E-state index contributed by atoms with van der Waals surface area (Å²) in [5.41, 5.74) is 2.03. The fraction of sp³-hybridized carbons (Fsp3) is 0.179. The predicted molar refractivity (Wildman–Crippen MR) is 140 cm³/mol. The van der Waals surface area contributed by atoms with Crippen molar-refractivity contribution < 1.29 is 24.6 Å². The number of hydrogen-bond acceptors (Lipinski definition) is 6. The van der Waals surface area contributed by atoms with E-state index in [1.54, 1.807) is 34.9 Å². The second-order valence-corrected chi connectivity index (χ2v) is 8.80. The molecule has 0 saturated heterocycles. The van der Waals surface area contributed by atoms with Crippen molar-refractivity contribution >= 4 is 34.4 Å². The third-order valence-electron chi connectivity index (χ3n) is 5.97. The van der Waals surface area contributed by atoms with Crippen LogP contribution in [0.15, 0.2) is 77.6 Å². The van der Waals surface area contributed by atoms with Gasteiger partial charge in [-0.3, -0.25) is 14.8 Å². The number of aromatic nitrogens is 1. The summed E-state index contributed by atoms with van der Waals surface area (Å²) in [5, 5.41) is 20.2. The van der Waals surface area contributed by atoms with Crippen molar-refractivity contribution in [1.82, 2.24) is 9.63 Å². The van der Waals surface area contributed by atoms with Crippen molar-refractivity contribution in [2.24, 2.45) is 0 Å². The lowest BCUT2D eigenvalue weighted by molar-refractivity contribution is -0.0604. The summed E-state index contributed by atoms with van der Waals surface area (Å²) < 4.78 is 6.77. The quantitative estimate of drug-likeness (QED) is 0.204. The van der Waals surface area contributed by atoms with Crippen molar-refractivity contribution in [1.29, 1.82) is 0 Å². The Bertz CT molecular complexity index is 1500. The number of pyridine rings is 1. The summed E-state index contributed by atoms with van der Waals surface area (Å²) in [4.78, 5) is 39.1. The molecule has 0 atom stereocenters. The molecular weight excluding hydrogens is 496 g/mol. The number of nitrogens with zero attached hydrogens (tertiary/aromatic N) is 2. The first-order chi connectivity index (χ1) is 17.8. The van der Waals surface area contributed by atoms with E-state index in [1.165, 1.54) is 19.2 Å². The van der Waals surface area contributed by atoms with Crippen LogP contribution in [0.2, 0.25) is 5.02 Å². The van der Waals surface area contributed by atoms with Gasteiger partial charge in [0.15, 0.2) is 5.43 Å². The average Bonchev–Trinajstić information content (AvgIpc) is 2.92. The van der Waals surface area contributed by atoms with Crippen molar-refractivity contribution in [2.75, 3.05) is 20.3 Å². The normalized spacial score (nSPS) is 10.9. The van der Waals surface area contributed by atoms with Crippen molar-refractivity contribution in [2.45, 2.75) is 12.8 Å². The first-order valence-corrected chi connectivity index (χ1v) is 11.9. The molecule has 2 N–H and O–H groups in total. The Morgan fingerprint density at radius 1 is 1.03 bits per heavy atom. The molecule has 0 spiro atoms. The predicted octanol–water partition coefficient (Wildman–Crippen LogP) is 4.24. The molecule has 9 heteroatoms. The van der Waals surface area contributed by atoms with E-state index in [-0.39, 0.29) is 48.2 Å². The van der Waals surface area contributed by atoms with Crippen molar-refractivity contribution in [3.8, 4) is 5.69 Å². The Kier molecular flexibility index (Phi) is 8.03. The molecule has 190 valence electrons. The number of aliphatic hydroxyl groups excluding tert-OH is 1. The Morgan fingerprint density at radius 2 is 1.73 bits per heavy atom. The van der Waals surface area contributed by atoms with Crippen LogP contribution in [0.1, 0.15) is 38.4 Å². The van der Waals surface area contributed by atoms with Crippen LogP contribution >= 0.6 is 11.6 Å². The lowest BCUT2D eigenvalue weighted by Crippen LogP contribution is -2.29. The topological polar surface area (TPSA) is 109 Å². The number of hydrogen-bond donors (Lipinski definition) is 2. The fourth-order valence-corrected chi connectivity index (χ4v) is 4.33. The van der Waals surface area contributed by atoms with Gasteiger partial charge >= 0.3 is 5.97 Å². The fourth-order valence-electron chi connectivity index (χ4n) is 4.17. The number of methoxy groups -OCH3 is 1. The second kappa shape index (κ2) is 11.4. The number of amides is 1. The lowest BCUT2D eigenvalue weighted by Gasteiger charge is -2.20. The maximum Gasteiger partial charge on any atom is 0.355 e. The SMILES string of the molecule is COC(=O)c1c(Cc2ccc(C(=O)N(O)CCCO)cc2)c(=O)c2ccc(Cl)cc2n1-c1ccccc1. The summed E-state index contributed by atoms with van der Waals surface area (Å²) in [6, 6.07) is 20.4. The van der Waals surface area contributed by atoms with Crippen LogP contribution in [-0.4, -0.2) is 52.1 Å². The number of para-hydroxylation sites is 1. The molecule has 37 heavy (non-hydrogen) atoms. The molecule has 0 unspecified atom stereocenters. The van der Waals surface area contributed by atoms with Crippen LogP contribution in [0.4, 0.5) is 0 Å². The highest BCUT2D eigenvalue weighted by Gasteiger charge is 2.24. The molecule has 0 fully saturated rings. The number of fused-ring (bicyclic) bond motifs is 1. The van der Waals surface area contributed by atoms with Gasteiger partial charge < -0.3 is 14.4 Å². The van der Waals surface area contributed by atoms with Crippen LogP contribution in [0.5, 0.6) is 0 Å². The smallest absolute Gasteiger partial charge is 0.355 e. The summed E-state index contributed by atoms with van der Waals surface area (Å²) in [7, 11) is 1.26. The molecule has 4 aromatic rings. The average molecular weight is 521 g/mol. The number of ether oxygens (including phenoxy) is 1. The van der Waals surface area contributed by atoms with Crippen LogP contribution < -0.4 is 5.43 Å². The minimum absolute atomic E-state index is 0.000290. The van der Waals surface area contributed by atoms with Gasteiger partial charge in [0, 0.05) is 40.3 Å². The van der Waals surface area contributed by atoms with E-state index in [0.29, 0.717) is 32.2 Å². The number of carbonyl (C=O) groups excluding carboxylic acids is 2. The monoisotopic (exact) mass is 520 g/mol. The van der Waals surface area contributed by atoms with E-state index in [2.05, 4.69) is 0 Å². The Morgan fingerprint density at radius 3 is 2.38 bits per heavy atom. The zero-order valence-corrected chi connectivity index (χ0v) is 20.8. The molecule has 0 aliphatic rings. The van der Waals surface area contributed by atoms with Crippen LogP contribution in [0.3, 0.4) is 0 Å². The third-order valence-corrected chi connectivity index (χ3v) is 6.20. The molecule has 0 bridgehead atoms. The number of aliphatic hydroxyl groups is 1. The molecule has 4 rings (SSSR count). The van der Waals surface area contributed by atoms with Gasteiger partial charge in [0.2, 0.25) is 0 Å². The minimum Gasteiger partial charge on any atom is -0.464 e. The maximum atomic E-state index is 13.7. The highest BCUT2D eigenvalue weighted by atomic mass is 35.5. The molecule has 1 aromatic heterocycles. The first kappa shape index (κ1) is 26.1. The van der Waals surface area contributed by atoms with Crippen LogP contribution in [0, 0.1) is 0 Å². The molecule has 0 aliphatic carbocycles. The molecule has 0 saturated carbocycles. The van der Waals surface area contributed by atoms with E-state index in [1.807, 2.05) is 30.3 Å². The number of halogens is 1. The minimum atomic E-state index is -0.676. The van der Waals surface area contributed by atoms with Gasteiger partial charge in [0.25, 0.3) is 5.91 Å². The molecule has 1 heterocycles. The van der Waals surface area contributed by atoms with E-state index < -0.39 is 11.9 Å². The van der Waals surface area contributed by atoms with Crippen LogP contribution in [-0.2, 0) is 11.2 Å². The molecule has 8 nitrogen and oxygen atoms in total. The molecule has 3 aromatic carbocycles. The van der Waals surface area contributed by atoms with Gasteiger partial charge in [-0.2, -0.15) is 0 Å². The second-order valence-electron chi connectivity index (χ2n) is 8.36. The van der Waals surface area contributed by atoms with Crippen molar-refractivity contribution in [3.05, 3.63) is 110 Å². The van der Waals surface area contributed by atoms with E-state index in [4.69, 9.17) is 21.4 Å². The summed E-state index contributed by atoms with van der Waals surface area (Å²) in [6.45, 7) is -0.149. The lowest BCUT2D eigenvalue weighted by atomic mass is 9.98. The zero-order chi connectivity index (χ0) is 26.5. The van der Waals surface area contributed by atoms with E-state index in [9.17, 15) is 19.6 Å². The first-order valence-electron chi connectivity index (χ1n) is 11.6. The van der Waals surface area contributed by atoms with Gasteiger partial charge in [-0.1, -0.05) is 41.9 Å².